The van der Waals surface area contributed by atoms with Gasteiger partial charge in [-0.05, 0) is 44.0 Å². The van der Waals surface area contributed by atoms with E-state index in [-0.39, 0.29) is 0 Å². The van der Waals surface area contributed by atoms with Gasteiger partial charge in [0, 0.05) is 11.1 Å². The second-order valence-electron chi connectivity index (χ2n) is 4.20. The summed E-state index contributed by atoms with van der Waals surface area (Å²) in [5, 5.41) is 4.40. The fraction of sp³-hybridized carbons (Fsp3) is 0.467. The molecule has 1 aromatic rings. The van der Waals surface area contributed by atoms with Crippen molar-refractivity contribution < 1.29 is 0 Å². The van der Waals surface area contributed by atoms with Gasteiger partial charge in [0.2, 0.25) is 0 Å². The van der Waals surface area contributed by atoms with Gasteiger partial charge in [0.05, 0.1) is 0 Å². The Morgan fingerprint density at radius 1 is 1.29 bits per heavy atom. The van der Waals surface area contributed by atoms with Crippen LogP contribution in [0.4, 0.5) is 0 Å². The maximum Gasteiger partial charge on any atom is 0.0406 e. The lowest BCUT2D eigenvalue weighted by atomic mass is 10.0. The summed E-state index contributed by atoms with van der Waals surface area (Å²) in [5.74, 6) is 0. The third-order valence-electron chi connectivity index (χ3n) is 2.79. The smallest absolute Gasteiger partial charge is 0.0406 e. The summed E-state index contributed by atoms with van der Waals surface area (Å²) in [5.41, 5.74) is 1.33. The lowest BCUT2D eigenvalue weighted by Gasteiger charge is -2.18. The van der Waals surface area contributed by atoms with Crippen LogP contribution in [-0.4, -0.2) is 6.54 Å². The van der Waals surface area contributed by atoms with Crippen LogP contribution < -0.4 is 5.32 Å². The molecule has 0 aromatic heterocycles. The first-order valence-electron chi connectivity index (χ1n) is 6.38. The van der Waals surface area contributed by atoms with Crippen LogP contribution in [0.1, 0.15) is 44.7 Å². The fourth-order valence-corrected chi connectivity index (χ4v) is 2.00. The molecule has 1 nitrogen and oxygen atoms in total. The number of halogens is 1. The Bertz CT molecular complexity index is 329. The zero-order chi connectivity index (χ0) is 12.5. The lowest BCUT2D eigenvalue weighted by Crippen LogP contribution is -2.22. The van der Waals surface area contributed by atoms with Crippen molar-refractivity contribution in [3.63, 3.8) is 0 Å². The number of nitrogens with one attached hydrogen (secondary N) is 1. The van der Waals surface area contributed by atoms with Crippen molar-refractivity contribution in [1.82, 2.24) is 5.32 Å². The molecule has 0 bridgehead atoms. The number of hydrogen-bond acceptors (Lipinski definition) is 1. The van der Waals surface area contributed by atoms with Crippen LogP contribution in [0.3, 0.4) is 0 Å². The van der Waals surface area contributed by atoms with Crippen LogP contribution >= 0.6 is 11.6 Å². The van der Waals surface area contributed by atoms with E-state index in [4.69, 9.17) is 11.6 Å². The maximum atomic E-state index is 5.91. The van der Waals surface area contributed by atoms with Crippen molar-refractivity contribution in [2.24, 2.45) is 0 Å². The molecule has 17 heavy (non-hydrogen) atoms. The van der Waals surface area contributed by atoms with Gasteiger partial charge in [-0.2, -0.15) is 0 Å². The molecule has 0 aliphatic carbocycles. The monoisotopic (exact) mass is 251 g/mol. The van der Waals surface area contributed by atoms with E-state index in [1.807, 2.05) is 12.1 Å². The molecule has 0 aliphatic rings. The first-order valence-corrected chi connectivity index (χ1v) is 6.75. The highest BCUT2D eigenvalue weighted by Gasteiger charge is 2.08. The zero-order valence-corrected chi connectivity index (χ0v) is 11.5. The molecule has 1 aromatic carbocycles. The minimum absolute atomic E-state index is 0.447. The van der Waals surface area contributed by atoms with Crippen LogP contribution in [0.2, 0.25) is 5.02 Å². The van der Waals surface area contributed by atoms with E-state index in [9.17, 15) is 0 Å². The Hall–Kier alpha value is -0.790. The predicted octanol–water partition coefficient (Wildman–Crippen LogP) is 4.74. The molecule has 1 rings (SSSR count). The van der Waals surface area contributed by atoms with E-state index in [1.165, 1.54) is 12.0 Å². The van der Waals surface area contributed by atoms with Crippen LogP contribution in [0.15, 0.2) is 36.4 Å². The summed E-state index contributed by atoms with van der Waals surface area (Å²) in [7, 11) is 0. The zero-order valence-electron chi connectivity index (χ0n) is 10.7. The third-order valence-corrected chi connectivity index (χ3v) is 3.04. The minimum Gasteiger partial charge on any atom is -0.310 e. The number of rotatable bonds is 7. The summed E-state index contributed by atoms with van der Waals surface area (Å²) in [4.78, 5) is 0. The topological polar surface area (TPSA) is 12.0 Å². The molecule has 0 aliphatic heterocycles. The largest absolute Gasteiger partial charge is 0.310 e. The van der Waals surface area contributed by atoms with Gasteiger partial charge in [0.15, 0.2) is 0 Å². The van der Waals surface area contributed by atoms with E-state index >= 15 is 0 Å². The van der Waals surface area contributed by atoms with Crippen molar-refractivity contribution in [2.45, 2.75) is 39.2 Å². The van der Waals surface area contributed by atoms with Gasteiger partial charge < -0.3 is 5.32 Å². The number of allylic oxidation sites excluding steroid dienone is 1. The summed E-state index contributed by atoms with van der Waals surface area (Å²) in [6.45, 7) is 5.30. The standard InChI is InChI=1S/C15H22ClN/c1-3-5-6-12-17-15(7-4-2)13-8-10-14(16)11-9-13/h3,5,8-11,15,17H,4,6-7,12H2,1-2H3/b5-3+. The Morgan fingerprint density at radius 2 is 2.00 bits per heavy atom. The molecule has 1 unspecified atom stereocenters. The van der Waals surface area contributed by atoms with Gasteiger partial charge in [0.25, 0.3) is 0 Å². The molecular formula is C15H22ClN. The quantitative estimate of drug-likeness (QED) is 0.545. The van der Waals surface area contributed by atoms with E-state index < -0.39 is 0 Å². The summed E-state index contributed by atoms with van der Waals surface area (Å²) >= 11 is 5.91. The van der Waals surface area contributed by atoms with Gasteiger partial charge in [-0.3, -0.25) is 0 Å². The van der Waals surface area contributed by atoms with Crippen molar-refractivity contribution in [1.29, 1.82) is 0 Å². The number of hydrogen-bond donors (Lipinski definition) is 1. The predicted molar refractivity (Wildman–Crippen MR) is 76.5 cm³/mol. The molecule has 1 atom stereocenters. The van der Waals surface area contributed by atoms with Gasteiger partial charge in [-0.15, -0.1) is 0 Å². The van der Waals surface area contributed by atoms with E-state index in [0.717, 1.165) is 24.4 Å². The summed E-state index contributed by atoms with van der Waals surface area (Å²) in [6.07, 6.45) is 7.72. The van der Waals surface area contributed by atoms with Crippen molar-refractivity contribution in [3.8, 4) is 0 Å². The molecule has 94 valence electrons. The first-order chi connectivity index (χ1) is 8.27. The van der Waals surface area contributed by atoms with Gasteiger partial charge in [-0.25, -0.2) is 0 Å². The molecule has 0 saturated carbocycles. The molecule has 2 heteroatoms. The minimum atomic E-state index is 0.447. The Labute approximate surface area is 110 Å². The lowest BCUT2D eigenvalue weighted by molar-refractivity contribution is 0.499. The van der Waals surface area contributed by atoms with E-state index in [2.05, 4.69) is 43.4 Å². The second kappa shape index (κ2) is 8.32. The maximum absolute atomic E-state index is 5.91. The van der Waals surface area contributed by atoms with Crippen molar-refractivity contribution >= 4 is 11.6 Å². The SMILES string of the molecule is C/C=C/CCNC(CCC)c1ccc(Cl)cc1. The summed E-state index contributed by atoms with van der Waals surface area (Å²) < 4.78 is 0. The van der Waals surface area contributed by atoms with Crippen LogP contribution in [-0.2, 0) is 0 Å². The van der Waals surface area contributed by atoms with E-state index in [1.54, 1.807) is 0 Å². The molecule has 0 radical (unpaired) electrons. The van der Waals surface area contributed by atoms with E-state index in [0.29, 0.717) is 6.04 Å². The average molecular weight is 252 g/mol. The number of benzene rings is 1. The van der Waals surface area contributed by atoms with Gasteiger partial charge in [-0.1, -0.05) is 49.2 Å². The van der Waals surface area contributed by atoms with Crippen LogP contribution in [0.5, 0.6) is 0 Å². The highest BCUT2D eigenvalue weighted by Crippen LogP contribution is 2.20. The molecular weight excluding hydrogens is 230 g/mol. The first kappa shape index (κ1) is 14.3. The highest BCUT2D eigenvalue weighted by atomic mass is 35.5. The Kier molecular flexibility index (Phi) is 6.99. The van der Waals surface area contributed by atoms with Crippen LogP contribution in [0.25, 0.3) is 0 Å². The molecule has 0 amide bonds. The highest BCUT2D eigenvalue weighted by molar-refractivity contribution is 6.30. The van der Waals surface area contributed by atoms with Crippen LogP contribution in [0, 0.1) is 0 Å². The molecule has 0 fully saturated rings. The molecule has 0 saturated heterocycles. The Balaban J connectivity index is 2.55. The normalized spacial score (nSPS) is 13.1. The molecule has 1 N–H and O–H groups in total. The molecule has 0 heterocycles. The molecule has 0 spiro atoms. The van der Waals surface area contributed by atoms with Gasteiger partial charge >= 0.3 is 0 Å². The van der Waals surface area contributed by atoms with Crippen molar-refractivity contribution in [2.75, 3.05) is 6.54 Å². The Morgan fingerprint density at radius 3 is 2.59 bits per heavy atom. The summed E-state index contributed by atoms with van der Waals surface area (Å²) in [6, 6.07) is 8.61. The van der Waals surface area contributed by atoms with Gasteiger partial charge in [0.1, 0.15) is 0 Å². The average Bonchev–Trinajstić information content (AvgIpc) is 2.34. The third kappa shape index (κ3) is 5.38. The fourth-order valence-electron chi connectivity index (χ4n) is 1.88. The van der Waals surface area contributed by atoms with Crippen molar-refractivity contribution in [3.05, 3.63) is 47.0 Å². The second-order valence-corrected chi connectivity index (χ2v) is 4.64.